The Balaban J connectivity index is 2.53. The van der Waals surface area contributed by atoms with Gasteiger partial charge >= 0.3 is 5.97 Å². The standard InChI is InChI=1S/C15H12O4/c1-19-13-9-5-4-8-12(13)14(16)10-6-2-3-7-11(10)15(17)18/h2-9H,1H3,(H,17,18). The van der Waals surface area contributed by atoms with Crippen LogP contribution in [0.5, 0.6) is 5.75 Å². The van der Waals surface area contributed by atoms with Crippen molar-refractivity contribution in [2.45, 2.75) is 0 Å². The van der Waals surface area contributed by atoms with Crippen molar-refractivity contribution in [3.8, 4) is 5.75 Å². The summed E-state index contributed by atoms with van der Waals surface area (Å²) in [5.74, 6) is -1.07. The van der Waals surface area contributed by atoms with Crippen LogP contribution in [0, 0.1) is 0 Å². The van der Waals surface area contributed by atoms with Gasteiger partial charge in [-0.15, -0.1) is 0 Å². The normalized spacial score (nSPS) is 9.95. The zero-order valence-electron chi connectivity index (χ0n) is 10.3. The van der Waals surface area contributed by atoms with Gasteiger partial charge < -0.3 is 9.84 Å². The molecule has 0 aliphatic heterocycles. The van der Waals surface area contributed by atoms with Crippen molar-refractivity contribution in [1.29, 1.82) is 0 Å². The van der Waals surface area contributed by atoms with E-state index in [1.165, 1.54) is 19.2 Å². The van der Waals surface area contributed by atoms with Gasteiger partial charge in [-0.3, -0.25) is 4.79 Å². The first-order valence-electron chi connectivity index (χ1n) is 5.65. The van der Waals surface area contributed by atoms with E-state index < -0.39 is 5.97 Å². The van der Waals surface area contributed by atoms with Gasteiger partial charge in [-0.2, -0.15) is 0 Å². The first kappa shape index (κ1) is 12.8. The number of rotatable bonds is 4. The van der Waals surface area contributed by atoms with Crippen LogP contribution in [0.1, 0.15) is 26.3 Å². The van der Waals surface area contributed by atoms with Crippen LogP contribution in [0.3, 0.4) is 0 Å². The second-order valence-corrected chi connectivity index (χ2v) is 3.88. The lowest BCUT2D eigenvalue weighted by atomic mass is 9.98. The summed E-state index contributed by atoms with van der Waals surface area (Å²) >= 11 is 0. The van der Waals surface area contributed by atoms with Gasteiger partial charge in [0.2, 0.25) is 0 Å². The molecule has 4 heteroatoms. The summed E-state index contributed by atoms with van der Waals surface area (Å²) in [6.45, 7) is 0. The van der Waals surface area contributed by atoms with E-state index in [0.717, 1.165) is 0 Å². The Morgan fingerprint density at radius 3 is 2.00 bits per heavy atom. The van der Waals surface area contributed by atoms with Crippen molar-refractivity contribution in [2.24, 2.45) is 0 Å². The Hall–Kier alpha value is -2.62. The lowest BCUT2D eigenvalue weighted by molar-refractivity contribution is 0.0692. The van der Waals surface area contributed by atoms with Crippen LogP contribution >= 0.6 is 0 Å². The average Bonchev–Trinajstić information content (AvgIpc) is 2.46. The summed E-state index contributed by atoms with van der Waals surface area (Å²) in [6, 6.07) is 12.9. The Bertz CT molecular complexity index is 632. The Kier molecular flexibility index (Phi) is 3.61. The van der Waals surface area contributed by atoms with Gasteiger partial charge in [0.25, 0.3) is 0 Å². The molecule has 96 valence electrons. The maximum atomic E-state index is 12.4. The van der Waals surface area contributed by atoms with Gasteiger partial charge in [-0.05, 0) is 18.2 Å². The van der Waals surface area contributed by atoms with E-state index in [0.29, 0.717) is 11.3 Å². The van der Waals surface area contributed by atoms with Crippen molar-refractivity contribution in [1.82, 2.24) is 0 Å². The molecule has 0 spiro atoms. The number of carbonyl (C=O) groups excluding carboxylic acids is 1. The van der Waals surface area contributed by atoms with Crippen LogP contribution in [0.4, 0.5) is 0 Å². The molecule has 0 saturated heterocycles. The molecule has 2 rings (SSSR count). The highest BCUT2D eigenvalue weighted by atomic mass is 16.5. The molecule has 2 aromatic rings. The molecule has 0 bridgehead atoms. The number of hydrogen-bond acceptors (Lipinski definition) is 3. The molecular weight excluding hydrogens is 244 g/mol. The van der Waals surface area contributed by atoms with Gasteiger partial charge in [-0.1, -0.05) is 30.3 Å². The predicted octanol–water partition coefficient (Wildman–Crippen LogP) is 2.62. The van der Waals surface area contributed by atoms with E-state index in [-0.39, 0.29) is 16.9 Å². The summed E-state index contributed by atoms with van der Waals surface area (Å²) in [5, 5.41) is 9.10. The zero-order valence-corrected chi connectivity index (χ0v) is 10.3. The zero-order chi connectivity index (χ0) is 13.8. The first-order valence-corrected chi connectivity index (χ1v) is 5.65. The number of carbonyl (C=O) groups is 2. The van der Waals surface area contributed by atoms with Crippen molar-refractivity contribution in [2.75, 3.05) is 7.11 Å². The van der Waals surface area contributed by atoms with E-state index >= 15 is 0 Å². The second kappa shape index (κ2) is 5.35. The van der Waals surface area contributed by atoms with Crippen LogP contribution < -0.4 is 4.74 Å². The molecular formula is C15H12O4. The molecule has 4 nitrogen and oxygen atoms in total. The predicted molar refractivity (Wildman–Crippen MR) is 69.8 cm³/mol. The maximum Gasteiger partial charge on any atom is 0.336 e. The number of carboxylic acid groups (broad SMARTS) is 1. The molecule has 1 N–H and O–H groups in total. The second-order valence-electron chi connectivity index (χ2n) is 3.88. The molecule has 0 saturated carbocycles. The molecule has 0 amide bonds. The highest BCUT2D eigenvalue weighted by molar-refractivity contribution is 6.15. The highest BCUT2D eigenvalue weighted by Gasteiger charge is 2.19. The van der Waals surface area contributed by atoms with Crippen LogP contribution in [0.15, 0.2) is 48.5 Å². The monoisotopic (exact) mass is 256 g/mol. The van der Waals surface area contributed by atoms with Gasteiger partial charge in [-0.25, -0.2) is 4.79 Å². The maximum absolute atomic E-state index is 12.4. The molecule has 0 aliphatic carbocycles. The summed E-state index contributed by atoms with van der Waals surface area (Å²) in [6.07, 6.45) is 0. The molecule has 0 fully saturated rings. The first-order chi connectivity index (χ1) is 9.15. The van der Waals surface area contributed by atoms with Gasteiger partial charge in [0.1, 0.15) is 5.75 Å². The quantitative estimate of drug-likeness (QED) is 0.854. The third kappa shape index (κ3) is 2.47. The number of ether oxygens (including phenoxy) is 1. The minimum atomic E-state index is -1.13. The van der Waals surface area contributed by atoms with E-state index in [1.54, 1.807) is 36.4 Å². The van der Waals surface area contributed by atoms with Crippen molar-refractivity contribution < 1.29 is 19.4 Å². The lowest BCUT2D eigenvalue weighted by Gasteiger charge is -2.09. The number of carboxylic acids is 1. The molecule has 2 aromatic carbocycles. The molecule has 0 unspecified atom stereocenters. The number of para-hydroxylation sites is 1. The number of benzene rings is 2. The van der Waals surface area contributed by atoms with Gasteiger partial charge in [0.05, 0.1) is 18.2 Å². The topological polar surface area (TPSA) is 63.6 Å². The largest absolute Gasteiger partial charge is 0.496 e. The van der Waals surface area contributed by atoms with Crippen LogP contribution in [-0.2, 0) is 0 Å². The van der Waals surface area contributed by atoms with E-state index in [4.69, 9.17) is 9.84 Å². The molecule has 0 radical (unpaired) electrons. The summed E-state index contributed by atoms with van der Waals surface area (Å²) < 4.78 is 5.12. The van der Waals surface area contributed by atoms with Crippen LogP contribution in [-0.4, -0.2) is 24.0 Å². The number of hydrogen-bond donors (Lipinski definition) is 1. The fourth-order valence-electron chi connectivity index (χ4n) is 1.84. The summed E-state index contributed by atoms with van der Waals surface area (Å²) in [7, 11) is 1.47. The molecule has 0 atom stereocenters. The minimum absolute atomic E-state index is 0.0154. The Morgan fingerprint density at radius 2 is 1.42 bits per heavy atom. The van der Waals surface area contributed by atoms with Crippen LogP contribution in [0.25, 0.3) is 0 Å². The number of methoxy groups -OCH3 is 1. The SMILES string of the molecule is COc1ccccc1C(=O)c1ccccc1C(=O)O. The van der Waals surface area contributed by atoms with E-state index in [9.17, 15) is 9.59 Å². The molecule has 19 heavy (non-hydrogen) atoms. The van der Waals surface area contributed by atoms with Crippen LogP contribution in [0.2, 0.25) is 0 Å². The number of ketones is 1. The minimum Gasteiger partial charge on any atom is -0.496 e. The molecule has 0 aromatic heterocycles. The van der Waals surface area contributed by atoms with Crippen molar-refractivity contribution >= 4 is 11.8 Å². The average molecular weight is 256 g/mol. The molecule has 0 heterocycles. The van der Waals surface area contributed by atoms with Gasteiger partial charge in [0.15, 0.2) is 5.78 Å². The smallest absolute Gasteiger partial charge is 0.336 e. The van der Waals surface area contributed by atoms with Crippen molar-refractivity contribution in [3.63, 3.8) is 0 Å². The van der Waals surface area contributed by atoms with E-state index in [2.05, 4.69) is 0 Å². The van der Waals surface area contributed by atoms with Crippen molar-refractivity contribution in [3.05, 3.63) is 65.2 Å². The third-order valence-corrected chi connectivity index (χ3v) is 2.75. The summed E-state index contributed by atoms with van der Waals surface area (Å²) in [5.41, 5.74) is 0.483. The van der Waals surface area contributed by atoms with Gasteiger partial charge in [0, 0.05) is 5.56 Å². The third-order valence-electron chi connectivity index (χ3n) is 2.75. The lowest BCUT2D eigenvalue weighted by Crippen LogP contribution is -2.10. The number of aromatic carboxylic acids is 1. The van der Waals surface area contributed by atoms with E-state index in [1.807, 2.05) is 0 Å². The Labute approximate surface area is 110 Å². The fraction of sp³-hybridized carbons (Fsp3) is 0.0667. The summed E-state index contributed by atoms with van der Waals surface area (Å²) in [4.78, 5) is 23.5. The molecule has 0 aliphatic rings. The highest BCUT2D eigenvalue weighted by Crippen LogP contribution is 2.22. The Morgan fingerprint density at radius 1 is 0.895 bits per heavy atom. The fourth-order valence-corrected chi connectivity index (χ4v) is 1.84.